The molecule has 122 valence electrons. The van der Waals surface area contributed by atoms with E-state index in [-0.39, 0.29) is 17.2 Å². The molecule has 24 heavy (non-hydrogen) atoms. The van der Waals surface area contributed by atoms with Crippen LogP contribution in [-0.4, -0.2) is 17.9 Å². The molecule has 0 saturated carbocycles. The number of rotatable bonds is 5. The molecule has 1 aliphatic heterocycles. The van der Waals surface area contributed by atoms with Crippen LogP contribution >= 0.6 is 27.5 Å². The van der Waals surface area contributed by atoms with Crippen molar-refractivity contribution in [1.82, 2.24) is 0 Å². The van der Waals surface area contributed by atoms with E-state index in [1.54, 1.807) is 18.2 Å². The van der Waals surface area contributed by atoms with E-state index in [9.17, 15) is 9.59 Å². The van der Waals surface area contributed by atoms with Crippen LogP contribution in [0.25, 0.3) is 0 Å². The summed E-state index contributed by atoms with van der Waals surface area (Å²) in [5.74, 6) is -0.765. The van der Waals surface area contributed by atoms with Gasteiger partial charge >= 0.3 is 5.97 Å². The van der Waals surface area contributed by atoms with E-state index in [1.807, 2.05) is 36.4 Å². The number of ether oxygens (including phenoxy) is 1. The number of benzene rings is 2. The molecule has 2 aromatic rings. The van der Waals surface area contributed by atoms with Crippen LogP contribution in [0.3, 0.4) is 0 Å². The van der Waals surface area contributed by atoms with E-state index in [4.69, 9.17) is 16.3 Å². The van der Waals surface area contributed by atoms with E-state index in [0.29, 0.717) is 15.7 Å². The molecule has 1 unspecified atom stereocenters. The summed E-state index contributed by atoms with van der Waals surface area (Å²) in [6.45, 7) is 0. The minimum Gasteiger partial charge on any atom is -0.451 e. The number of Topliss-reactive ketones (excluding diaryl/α,β-unsaturated/α-hetero) is 1. The summed E-state index contributed by atoms with van der Waals surface area (Å²) in [7, 11) is 0. The summed E-state index contributed by atoms with van der Waals surface area (Å²) in [5.41, 5.74) is 1.71. The molecular formula is C18H13BrClNO3. The van der Waals surface area contributed by atoms with E-state index >= 15 is 0 Å². The first-order valence-electron chi connectivity index (χ1n) is 7.26. The SMILES string of the molecule is O=C1OC(CC(=O)c2ccccc2Br)C(Nc2ccccc2)=C1Cl. The molecule has 1 atom stereocenters. The molecule has 0 spiro atoms. The Morgan fingerprint density at radius 3 is 2.50 bits per heavy atom. The Balaban J connectivity index is 1.81. The predicted octanol–water partition coefficient (Wildman–Crippen LogP) is 4.51. The lowest BCUT2D eigenvalue weighted by Crippen LogP contribution is -2.21. The van der Waals surface area contributed by atoms with Gasteiger partial charge in [0.25, 0.3) is 0 Å². The van der Waals surface area contributed by atoms with E-state index < -0.39 is 12.1 Å². The Kier molecular flexibility index (Phi) is 5.02. The van der Waals surface area contributed by atoms with Gasteiger partial charge in [-0.1, -0.05) is 63.9 Å². The Bertz CT molecular complexity index is 820. The molecule has 1 N–H and O–H groups in total. The summed E-state index contributed by atoms with van der Waals surface area (Å²) in [6, 6.07) is 16.4. The van der Waals surface area contributed by atoms with Crippen molar-refractivity contribution < 1.29 is 14.3 Å². The smallest absolute Gasteiger partial charge is 0.352 e. The van der Waals surface area contributed by atoms with Crippen molar-refractivity contribution in [3.8, 4) is 0 Å². The number of esters is 1. The highest BCUT2D eigenvalue weighted by Crippen LogP contribution is 2.30. The molecule has 4 nitrogen and oxygen atoms in total. The summed E-state index contributed by atoms with van der Waals surface area (Å²) in [6.07, 6.45) is -0.718. The van der Waals surface area contributed by atoms with Gasteiger partial charge in [-0.15, -0.1) is 0 Å². The summed E-state index contributed by atoms with van der Waals surface area (Å²) >= 11 is 9.41. The number of anilines is 1. The highest BCUT2D eigenvalue weighted by molar-refractivity contribution is 9.10. The largest absolute Gasteiger partial charge is 0.451 e. The zero-order valence-corrected chi connectivity index (χ0v) is 14.8. The molecule has 2 aromatic carbocycles. The topological polar surface area (TPSA) is 55.4 Å². The van der Waals surface area contributed by atoms with Crippen molar-refractivity contribution in [2.45, 2.75) is 12.5 Å². The van der Waals surface area contributed by atoms with Crippen molar-refractivity contribution in [2.75, 3.05) is 5.32 Å². The quantitative estimate of drug-likeness (QED) is 0.586. The number of para-hydroxylation sites is 1. The van der Waals surface area contributed by atoms with Gasteiger partial charge in [-0.25, -0.2) is 4.79 Å². The third kappa shape index (κ3) is 3.52. The lowest BCUT2D eigenvalue weighted by molar-refractivity contribution is -0.138. The molecule has 0 amide bonds. The molecule has 0 fully saturated rings. The second-order valence-corrected chi connectivity index (χ2v) is 6.45. The number of hydrogen-bond acceptors (Lipinski definition) is 4. The van der Waals surface area contributed by atoms with Gasteiger partial charge in [0, 0.05) is 15.7 Å². The minimum atomic E-state index is -0.732. The van der Waals surface area contributed by atoms with Crippen LogP contribution < -0.4 is 5.32 Å². The van der Waals surface area contributed by atoms with Crippen LogP contribution in [0.5, 0.6) is 0 Å². The maximum atomic E-state index is 12.5. The molecule has 1 heterocycles. The maximum Gasteiger partial charge on any atom is 0.352 e. The van der Waals surface area contributed by atoms with Gasteiger partial charge in [0.05, 0.1) is 12.1 Å². The molecular weight excluding hydrogens is 394 g/mol. The van der Waals surface area contributed by atoms with Crippen LogP contribution in [0.4, 0.5) is 5.69 Å². The number of ketones is 1. The maximum absolute atomic E-state index is 12.5. The first-order chi connectivity index (χ1) is 11.6. The average Bonchev–Trinajstić information content (AvgIpc) is 2.84. The zero-order valence-electron chi connectivity index (χ0n) is 12.5. The van der Waals surface area contributed by atoms with Crippen LogP contribution in [0.1, 0.15) is 16.8 Å². The van der Waals surface area contributed by atoms with Gasteiger partial charge in [-0.3, -0.25) is 4.79 Å². The standard InChI is InChI=1S/C18H13BrClNO3/c19-13-9-5-4-8-12(13)14(22)10-15-17(16(20)18(23)24-15)21-11-6-2-1-3-7-11/h1-9,15,21H,10H2. The number of hydrogen-bond donors (Lipinski definition) is 1. The number of carbonyl (C=O) groups is 2. The van der Waals surface area contributed by atoms with E-state index in [0.717, 1.165) is 5.69 Å². The number of cyclic esters (lactones) is 1. The average molecular weight is 407 g/mol. The summed E-state index contributed by atoms with van der Waals surface area (Å²) in [5, 5.41) is 3.06. The summed E-state index contributed by atoms with van der Waals surface area (Å²) < 4.78 is 5.95. The number of carbonyl (C=O) groups excluding carboxylic acids is 2. The molecule has 6 heteroatoms. The molecule has 0 radical (unpaired) electrons. The second kappa shape index (κ2) is 7.20. The van der Waals surface area contributed by atoms with Crippen molar-refractivity contribution in [3.63, 3.8) is 0 Å². The van der Waals surface area contributed by atoms with Crippen molar-refractivity contribution >= 4 is 45.0 Å². The fourth-order valence-corrected chi connectivity index (χ4v) is 3.13. The Hall–Kier alpha value is -2.11. The van der Waals surface area contributed by atoms with E-state index in [2.05, 4.69) is 21.2 Å². The van der Waals surface area contributed by atoms with Crippen molar-refractivity contribution in [1.29, 1.82) is 0 Å². The summed E-state index contributed by atoms with van der Waals surface area (Å²) in [4.78, 5) is 24.3. The molecule has 0 saturated heterocycles. The second-order valence-electron chi connectivity index (χ2n) is 5.22. The first kappa shape index (κ1) is 16.7. The molecule has 0 bridgehead atoms. The highest BCUT2D eigenvalue weighted by Gasteiger charge is 2.35. The predicted molar refractivity (Wildman–Crippen MR) is 95.9 cm³/mol. The van der Waals surface area contributed by atoms with Crippen LogP contribution in [0.15, 0.2) is 69.8 Å². The Labute approximate surface area is 152 Å². The lowest BCUT2D eigenvalue weighted by Gasteiger charge is -2.15. The van der Waals surface area contributed by atoms with Crippen LogP contribution in [-0.2, 0) is 9.53 Å². The zero-order chi connectivity index (χ0) is 17.1. The fourth-order valence-electron chi connectivity index (χ4n) is 2.41. The lowest BCUT2D eigenvalue weighted by atomic mass is 10.0. The normalized spacial score (nSPS) is 16.9. The molecule has 0 aliphatic carbocycles. The van der Waals surface area contributed by atoms with Crippen LogP contribution in [0.2, 0.25) is 0 Å². The van der Waals surface area contributed by atoms with Gasteiger partial charge in [-0.2, -0.15) is 0 Å². The van der Waals surface area contributed by atoms with E-state index in [1.165, 1.54) is 0 Å². The monoisotopic (exact) mass is 405 g/mol. The fraction of sp³-hybridized carbons (Fsp3) is 0.111. The van der Waals surface area contributed by atoms with Crippen LogP contribution in [0, 0.1) is 0 Å². The molecule has 0 aromatic heterocycles. The minimum absolute atomic E-state index is 0.0136. The van der Waals surface area contributed by atoms with Gasteiger partial charge < -0.3 is 10.1 Å². The van der Waals surface area contributed by atoms with Gasteiger partial charge in [-0.05, 0) is 18.2 Å². The Morgan fingerprint density at radius 1 is 1.12 bits per heavy atom. The molecule has 3 rings (SSSR count). The Morgan fingerprint density at radius 2 is 1.79 bits per heavy atom. The third-order valence-corrected chi connectivity index (χ3v) is 4.63. The highest BCUT2D eigenvalue weighted by atomic mass is 79.9. The van der Waals surface area contributed by atoms with Crippen molar-refractivity contribution in [3.05, 3.63) is 75.4 Å². The third-order valence-electron chi connectivity index (χ3n) is 3.58. The van der Waals surface area contributed by atoms with Gasteiger partial charge in [0.15, 0.2) is 11.9 Å². The van der Waals surface area contributed by atoms with Gasteiger partial charge in [0.1, 0.15) is 5.03 Å². The molecule has 1 aliphatic rings. The number of halogens is 2. The first-order valence-corrected chi connectivity index (χ1v) is 8.44. The van der Waals surface area contributed by atoms with Crippen molar-refractivity contribution in [2.24, 2.45) is 0 Å². The van der Waals surface area contributed by atoms with Gasteiger partial charge in [0.2, 0.25) is 0 Å². The number of nitrogens with one attached hydrogen (secondary N) is 1.